The van der Waals surface area contributed by atoms with Gasteiger partial charge in [-0.05, 0) is 25.1 Å². The van der Waals surface area contributed by atoms with Gasteiger partial charge in [-0.15, -0.1) is 0 Å². The highest BCUT2D eigenvalue weighted by molar-refractivity contribution is 5.90. The summed E-state index contributed by atoms with van der Waals surface area (Å²) in [6.07, 6.45) is 0. The maximum absolute atomic E-state index is 11.6. The minimum atomic E-state index is -0.490. The number of nitrogens with two attached hydrogens (primary N) is 2. The van der Waals surface area contributed by atoms with Crippen molar-refractivity contribution in [3.05, 3.63) is 30.4 Å². The van der Waals surface area contributed by atoms with Crippen molar-refractivity contribution in [3.63, 3.8) is 0 Å². The molecule has 1 rings (SSSR count). The van der Waals surface area contributed by atoms with Crippen molar-refractivity contribution in [1.82, 2.24) is 5.32 Å². The first kappa shape index (κ1) is 15.4. The second-order valence-electron chi connectivity index (χ2n) is 4.19. The Hall–Kier alpha value is -2.70. The number of carbonyl (C=O) groups excluding carboxylic acids is 2. The van der Waals surface area contributed by atoms with E-state index in [0.29, 0.717) is 22.6 Å². The van der Waals surface area contributed by atoms with Gasteiger partial charge in [0.05, 0.1) is 6.54 Å². The predicted molar refractivity (Wildman–Crippen MR) is 78.1 cm³/mol. The molecule has 0 saturated heterocycles. The number of hydrogen-bond donors (Lipinski definition) is 4. The van der Waals surface area contributed by atoms with E-state index >= 15 is 0 Å². The summed E-state index contributed by atoms with van der Waals surface area (Å²) in [5, 5.41) is 5.09. The molecule has 0 aliphatic rings. The van der Waals surface area contributed by atoms with Gasteiger partial charge in [0, 0.05) is 22.6 Å². The van der Waals surface area contributed by atoms with Gasteiger partial charge in [-0.1, -0.05) is 6.58 Å². The van der Waals surface area contributed by atoms with E-state index < -0.39 is 12.0 Å². The lowest BCUT2D eigenvalue weighted by Gasteiger charge is -2.09. The third-order valence-electron chi connectivity index (χ3n) is 2.20. The second kappa shape index (κ2) is 7.03. The third-order valence-corrected chi connectivity index (χ3v) is 2.20. The zero-order valence-electron chi connectivity index (χ0n) is 11.2. The van der Waals surface area contributed by atoms with Crippen LogP contribution in [0.5, 0.6) is 0 Å². The van der Waals surface area contributed by atoms with Gasteiger partial charge in [0.1, 0.15) is 6.61 Å². The molecule has 7 nitrogen and oxygen atoms in total. The number of rotatable bonds is 5. The number of nitrogens with one attached hydrogen (secondary N) is 2. The first-order chi connectivity index (χ1) is 9.38. The third kappa shape index (κ3) is 5.30. The number of amides is 2. The number of anilines is 3. The molecule has 108 valence electrons. The van der Waals surface area contributed by atoms with Crippen LogP contribution in [0.4, 0.5) is 21.9 Å². The van der Waals surface area contributed by atoms with Crippen molar-refractivity contribution in [2.24, 2.45) is 0 Å². The standard InChI is InChI=1S/C13H18N4O3/c1-8(2)12(18)20-4-3-16-13(19)17-11-6-9(14)5-10(15)7-11/h5-7H,1,3-4,14-15H2,2H3,(H2,16,17,19). The normalized spacial score (nSPS) is 9.65. The van der Waals surface area contributed by atoms with Gasteiger partial charge in [0.25, 0.3) is 0 Å². The van der Waals surface area contributed by atoms with Crippen LogP contribution in [0.1, 0.15) is 6.92 Å². The summed E-state index contributed by atoms with van der Waals surface area (Å²) in [5.74, 6) is -0.490. The quantitative estimate of drug-likeness (QED) is 0.278. The number of carbonyl (C=O) groups is 2. The lowest BCUT2D eigenvalue weighted by atomic mass is 10.2. The smallest absolute Gasteiger partial charge is 0.333 e. The summed E-state index contributed by atoms with van der Waals surface area (Å²) in [6.45, 7) is 5.24. The van der Waals surface area contributed by atoms with Crippen LogP contribution in [0, 0.1) is 0 Å². The van der Waals surface area contributed by atoms with Crippen LogP contribution in [0.3, 0.4) is 0 Å². The molecular formula is C13H18N4O3. The first-order valence-corrected chi connectivity index (χ1v) is 5.92. The van der Waals surface area contributed by atoms with Crippen LogP contribution in [0.2, 0.25) is 0 Å². The van der Waals surface area contributed by atoms with Crippen molar-refractivity contribution in [2.75, 3.05) is 29.9 Å². The lowest BCUT2D eigenvalue weighted by Crippen LogP contribution is -2.32. The second-order valence-corrected chi connectivity index (χ2v) is 4.19. The molecular weight excluding hydrogens is 260 g/mol. The number of esters is 1. The fourth-order valence-corrected chi connectivity index (χ4v) is 1.36. The maximum Gasteiger partial charge on any atom is 0.333 e. The molecule has 20 heavy (non-hydrogen) atoms. The van der Waals surface area contributed by atoms with E-state index in [1.807, 2.05) is 0 Å². The van der Waals surface area contributed by atoms with Gasteiger partial charge >= 0.3 is 12.0 Å². The van der Waals surface area contributed by atoms with Gasteiger partial charge < -0.3 is 26.8 Å². The first-order valence-electron chi connectivity index (χ1n) is 5.92. The molecule has 0 bridgehead atoms. The number of hydrogen-bond acceptors (Lipinski definition) is 5. The molecule has 0 atom stereocenters. The molecule has 0 heterocycles. The average molecular weight is 278 g/mol. The molecule has 0 aliphatic heterocycles. The van der Waals surface area contributed by atoms with E-state index in [1.165, 1.54) is 0 Å². The van der Waals surface area contributed by atoms with Crippen LogP contribution in [-0.4, -0.2) is 25.2 Å². The molecule has 1 aromatic carbocycles. The highest BCUT2D eigenvalue weighted by Crippen LogP contribution is 2.17. The summed E-state index contributed by atoms with van der Waals surface area (Å²) in [7, 11) is 0. The Morgan fingerprint density at radius 3 is 2.40 bits per heavy atom. The Balaban J connectivity index is 2.33. The van der Waals surface area contributed by atoms with Crippen LogP contribution >= 0.6 is 0 Å². The largest absolute Gasteiger partial charge is 0.460 e. The van der Waals surface area contributed by atoms with Gasteiger partial charge in [-0.2, -0.15) is 0 Å². The molecule has 6 N–H and O–H groups in total. The van der Waals surface area contributed by atoms with Crippen molar-refractivity contribution in [2.45, 2.75) is 6.92 Å². The molecule has 0 radical (unpaired) electrons. The van der Waals surface area contributed by atoms with Crippen LogP contribution < -0.4 is 22.1 Å². The number of urea groups is 1. The van der Waals surface area contributed by atoms with Crippen molar-refractivity contribution in [1.29, 1.82) is 0 Å². The Morgan fingerprint density at radius 2 is 1.85 bits per heavy atom. The molecule has 0 unspecified atom stereocenters. The number of ether oxygens (including phenoxy) is 1. The molecule has 0 aliphatic carbocycles. The van der Waals surface area contributed by atoms with Crippen molar-refractivity contribution in [3.8, 4) is 0 Å². The van der Waals surface area contributed by atoms with E-state index in [9.17, 15) is 9.59 Å². The highest BCUT2D eigenvalue weighted by atomic mass is 16.5. The van der Waals surface area contributed by atoms with Crippen LogP contribution in [0.15, 0.2) is 30.4 Å². The molecule has 0 aromatic heterocycles. The topological polar surface area (TPSA) is 119 Å². The SMILES string of the molecule is C=C(C)C(=O)OCCNC(=O)Nc1cc(N)cc(N)c1. The molecule has 0 spiro atoms. The van der Waals surface area contributed by atoms with E-state index in [2.05, 4.69) is 17.2 Å². The average Bonchev–Trinajstić information content (AvgIpc) is 2.32. The fourth-order valence-electron chi connectivity index (χ4n) is 1.36. The Kier molecular flexibility index (Phi) is 5.40. The van der Waals surface area contributed by atoms with Crippen LogP contribution in [0.25, 0.3) is 0 Å². The lowest BCUT2D eigenvalue weighted by molar-refractivity contribution is -0.138. The zero-order chi connectivity index (χ0) is 15.1. The van der Waals surface area contributed by atoms with E-state index in [4.69, 9.17) is 16.2 Å². The summed E-state index contributed by atoms with van der Waals surface area (Å²) in [6, 6.07) is 4.30. The summed E-state index contributed by atoms with van der Waals surface area (Å²) >= 11 is 0. The summed E-state index contributed by atoms with van der Waals surface area (Å²) < 4.78 is 4.82. The van der Waals surface area contributed by atoms with Crippen LogP contribution in [-0.2, 0) is 9.53 Å². The van der Waals surface area contributed by atoms with Gasteiger partial charge in [-0.25, -0.2) is 9.59 Å². The minimum Gasteiger partial charge on any atom is -0.460 e. The predicted octanol–water partition coefficient (Wildman–Crippen LogP) is 1.09. The molecule has 0 fully saturated rings. The Bertz CT molecular complexity index is 508. The highest BCUT2D eigenvalue weighted by Gasteiger charge is 2.05. The fraction of sp³-hybridized carbons (Fsp3) is 0.231. The maximum atomic E-state index is 11.6. The van der Waals surface area contributed by atoms with E-state index in [0.717, 1.165) is 0 Å². The Morgan fingerprint density at radius 1 is 1.25 bits per heavy atom. The van der Waals surface area contributed by atoms with Gasteiger partial charge in [0.2, 0.25) is 0 Å². The van der Waals surface area contributed by atoms with E-state index in [1.54, 1.807) is 25.1 Å². The number of nitrogen functional groups attached to an aromatic ring is 2. The summed E-state index contributed by atoms with van der Waals surface area (Å²) in [5.41, 5.74) is 12.9. The molecule has 1 aromatic rings. The monoisotopic (exact) mass is 278 g/mol. The summed E-state index contributed by atoms with van der Waals surface area (Å²) in [4.78, 5) is 22.6. The minimum absolute atomic E-state index is 0.0676. The molecule has 0 saturated carbocycles. The van der Waals surface area contributed by atoms with E-state index in [-0.39, 0.29) is 13.2 Å². The zero-order valence-corrected chi connectivity index (χ0v) is 11.2. The van der Waals surface area contributed by atoms with Gasteiger partial charge in [-0.3, -0.25) is 0 Å². The van der Waals surface area contributed by atoms with Crippen molar-refractivity contribution < 1.29 is 14.3 Å². The Labute approximate surface area is 117 Å². The number of benzene rings is 1. The van der Waals surface area contributed by atoms with Crippen molar-refractivity contribution >= 4 is 29.1 Å². The molecule has 7 heteroatoms. The molecule has 2 amide bonds. The van der Waals surface area contributed by atoms with Gasteiger partial charge in [0.15, 0.2) is 0 Å².